The van der Waals surface area contributed by atoms with Gasteiger partial charge in [-0.05, 0) is 37.1 Å². The minimum atomic E-state index is 0.0957. The van der Waals surface area contributed by atoms with Gasteiger partial charge in [-0.25, -0.2) is 0 Å². The summed E-state index contributed by atoms with van der Waals surface area (Å²) in [5.74, 6) is 0.0957. The van der Waals surface area contributed by atoms with Crippen LogP contribution in [0, 0.1) is 0 Å². The Bertz CT molecular complexity index is 500. The van der Waals surface area contributed by atoms with E-state index in [0.717, 1.165) is 24.2 Å². The number of benzene rings is 1. The fourth-order valence-corrected chi connectivity index (χ4v) is 3.30. The molecule has 1 amide bonds. The van der Waals surface area contributed by atoms with Gasteiger partial charge in [-0.15, -0.1) is 0 Å². The topological polar surface area (TPSA) is 58.4 Å². The maximum absolute atomic E-state index is 11.3. The van der Waals surface area contributed by atoms with Crippen molar-refractivity contribution in [1.29, 1.82) is 0 Å². The normalized spacial score (nSPS) is 25.7. The molecule has 1 aliphatic heterocycles. The minimum Gasteiger partial charge on any atom is -0.326 e. The van der Waals surface area contributed by atoms with Crippen LogP contribution >= 0.6 is 0 Å². The van der Waals surface area contributed by atoms with E-state index < -0.39 is 0 Å². The first-order valence-electron chi connectivity index (χ1n) is 7.01. The molecule has 4 heteroatoms. The Balaban J connectivity index is 1.70. The number of nitrogens with zero attached hydrogens (tertiary/aromatic N) is 1. The molecule has 2 unspecified atom stereocenters. The SMILES string of the molecule is CN(Cc1ccc2c(c1)CC(=O)N2)C1CCCC1N. The van der Waals surface area contributed by atoms with Gasteiger partial charge in [0, 0.05) is 24.3 Å². The number of likely N-dealkylation sites (N-methyl/N-ethyl adjacent to an activating group) is 1. The molecule has 1 heterocycles. The molecule has 1 fully saturated rings. The van der Waals surface area contributed by atoms with E-state index in [4.69, 9.17) is 5.73 Å². The van der Waals surface area contributed by atoms with Crippen LogP contribution in [-0.2, 0) is 17.8 Å². The number of anilines is 1. The molecule has 0 aromatic heterocycles. The Morgan fingerprint density at radius 3 is 3.00 bits per heavy atom. The van der Waals surface area contributed by atoms with Gasteiger partial charge in [-0.1, -0.05) is 18.6 Å². The van der Waals surface area contributed by atoms with Crippen molar-refractivity contribution in [3.05, 3.63) is 29.3 Å². The van der Waals surface area contributed by atoms with Gasteiger partial charge in [0.2, 0.25) is 5.91 Å². The molecule has 2 aliphatic rings. The predicted octanol–water partition coefficient (Wildman–Crippen LogP) is 1.49. The molecular formula is C15H21N3O. The molecule has 2 atom stereocenters. The fraction of sp³-hybridized carbons (Fsp3) is 0.533. The van der Waals surface area contributed by atoms with Crippen LogP contribution in [0.3, 0.4) is 0 Å². The maximum Gasteiger partial charge on any atom is 0.228 e. The lowest BCUT2D eigenvalue weighted by Crippen LogP contribution is -2.41. The van der Waals surface area contributed by atoms with E-state index in [1.165, 1.54) is 18.4 Å². The molecular weight excluding hydrogens is 238 g/mol. The predicted molar refractivity (Wildman–Crippen MR) is 75.9 cm³/mol. The zero-order chi connectivity index (χ0) is 13.4. The van der Waals surface area contributed by atoms with Crippen molar-refractivity contribution in [2.45, 2.75) is 44.3 Å². The number of amides is 1. The van der Waals surface area contributed by atoms with Crippen molar-refractivity contribution in [2.75, 3.05) is 12.4 Å². The molecule has 0 radical (unpaired) electrons. The van der Waals surface area contributed by atoms with Crippen LogP contribution in [0.15, 0.2) is 18.2 Å². The largest absolute Gasteiger partial charge is 0.326 e. The van der Waals surface area contributed by atoms with Crippen LogP contribution < -0.4 is 11.1 Å². The van der Waals surface area contributed by atoms with Gasteiger partial charge in [0.05, 0.1) is 6.42 Å². The maximum atomic E-state index is 11.3. The van der Waals surface area contributed by atoms with Gasteiger partial charge in [0.15, 0.2) is 0 Å². The quantitative estimate of drug-likeness (QED) is 0.864. The van der Waals surface area contributed by atoms with Crippen LogP contribution in [0.1, 0.15) is 30.4 Å². The van der Waals surface area contributed by atoms with Crippen molar-refractivity contribution in [1.82, 2.24) is 4.90 Å². The Morgan fingerprint density at radius 1 is 1.42 bits per heavy atom. The minimum absolute atomic E-state index is 0.0957. The molecule has 0 bridgehead atoms. The Kier molecular flexibility index (Phi) is 3.29. The van der Waals surface area contributed by atoms with Gasteiger partial charge >= 0.3 is 0 Å². The van der Waals surface area contributed by atoms with Crippen LogP contribution in [0.5, 0.6) is 0 Å². The number of hydrogen-bond donors (Lipinski definition) is 2. The molecule has 3 rings (SSSR count). The van der Waals surface area contributed by atoms with Crippen LogP contribution in [-0.4, -0.2) is 29.9 Å². The lowest BCUT2D eigenvalue weighted by atomic mass is 10.1. The van der Waals surface area contributed by atoms with E-state index in [9.17, 15) is 4.79 Å². The number of carbonyl (C=O) groups is 1. The summed E-state index contributed by atoms with van der Waals surface area (Å²) in [7, 11) is 2.15. The first-order chi connectivity index (χ1) is 9.13. The van der Waals surface area contributed by atoms with Gasteiger partial charge in [0.25, 0.3) is 0 Å². The fourth-order valence-electron chi connectivity index (χ4n) is 3.30. The van der Waals surface area contributed by atoms with E-state index in [0.29, 0.717) is 18.5 Å². The van der Waals surface area contributed by atoms with E-state index in [2.05, 4.69) is 29.4 Å². The third-order valence-electron chi connectivity index (χ3n) is 4.32. The van der Waals surface area contributed by atoms with Gasteiger partial charge < -0.3 is 11.1 Å². The smallest absolute Gasteiger partial charge is 0.228 e. The highest BCUT2D eigenvalue weighted by Crippen LogP contribution is 2.26. The summed E-state index contributed by atoms with van der Waals surface area (Å²) in [6.45, 7) is 0.903. The Morgan fingerprint density at radius 2 is 2.26 bits per heavy atom. The molecule has 102 valence electrons. The van der Waals surface area contributed by atoms with Crippen LogP contribution in [0.4, 0.5) is 5.69 Å². The Labute approximate surface area is 114 Å². The number of nitrogens with one attached hydrogen (secondary N) is 1. The van der Waals surface area contributed by atoms with Crippen molar-refractivity contribution in [3.63, 3.8) is 0 Å². The highest BCUT2D eigenvalue weighted by Gasteiger charge is 2.27. The van der Waals surface area contributed by atoms with E-state index in [1.807, 2.05) is 6.07 Å². The second-order valence-corrected chi connectivity index (χ2v) is 5.79. The number of hydrogen-bond acceptors (Lipinski definition) is 3. The summed E-state index contributed by atoms with van der Waals surface area (Å²) >= 11 is 0. The molecule has 0 spiro atoms. The van der Waals surface area contributed by atoms with Gasteiger partial charge in [0.1, 0.15) is 0 Å². The second-order valence-electron chi connectivity index (χ2n) is 5.79. The molecule has 1 aromatic carbocycles. The van der Waals surface area contributed by atoms with E-state index in [1.54, 1.807) is 0 Å². The molecule has 1 saturated carbocycles. The van der Waals surface area contributed by atoms with E-state index in [-0.39, 0.29) is 5.91 Å². The molecule has 1 aliphatic carbocycles. The second kappa shape index (κ2) is 4.94. The first-order valence-corrected chi connectivity index (χ1v) is 7.01. The van der Waals surface area contributed by atoms with Crippen molar-refractivity contribution in [2.24, 2.45) is 5.73 Å². The summed E-state index contributed by atoms with van der Waals surface area (Å²) in [4.78, 5) is 13.7. The number of nitrogens with two attached hydrogens (primary N) is 1. The molecule has 19 heavy (non-hydrogen) atoms. The zero-order valence-corrected chi connectivity index (χ0v) is 11.4. The molecule has 0 saturated heterocycles. The molecule has 3 N–H and O–H groups in total. The van der Waals surface area contributed by atoms with Gasteiger partial charge in [-0.2, -0.15) is 0 Å². The van der Waals surface area contributed by atoms with Gasteiger partial charge in [-0.3, -0.25) is 9.69 Å². The summed E-state index contributed by atoms with van der Waals surface area (Å²) in [5.41, 5.74) is 9.49. The summed E-state index contributed by atoms with van der Waals surface area (Å²) in [6.07, 6.45) is 4.08. The number of carbonyl (C=O) groups excluding carboxylic acids is 1. The standard InChI is InChI=1S/C15H21N3O/c1-18(14-4-2-3-12(14)16)9-10-5-6-13-11(7-10)8-15(19)17-13/h5-7,12,14H,2-4,8-9,16H2,1H3,(H,17,19). The van der Waals surface area contributed by atoms with Crippen LogP contribution in [0.2, 0.25) is 0 Å². The zero-order valence-electron chi connectivity index (χ0n) is 11.4. The van der Waals surface area contributed by atoms with Crippen molar-refractivity contribution >= 4 is 11.6 Å². The third kappa shape index (κ3) is 2.51. The van der Waals surface area contributed by atoms with Crippen LogP contribution in [0.25, 0.3) is 0 Å². The molecule has 4 nitrogen and oxygen atoms in total. The third-order valence-corrected chi connectivity index (χ3v) is 4.32. The summed E-state index contributed by atoms with van der Waals surface area (Å²) in [6, 6.07) is 7.06. The van der Waals surface area contributed by atoms with Crippen molar-refractivity contribution < 1.29 is 4.79 Å². The average Bonchev–Trinajstić information content (AvgIpc) is 2.93. The average molecular weight is 259 g/mol. The lowest BCUT2D eigenvalue weighted by Gasteiger charge is -2.27. The first kappa shape index (κ1) is 12.6. The van der Waals surface area contributed by atoms with E-state index >= 15 is 0 Å². The highest BCUT2D eigenvalue weighted by molar-refractivity contribution is 5.99. The summed E-state index contributed by atoms with van der Waals surface area (Å²) < 4.78 is 0. The number of rotatable bonds is 3. The highest BCUT2D eigenvalue weighted by atomic mass is 16.1. The Hall–Kier alpha value is -1.39. The lowest BCUT2D eigenvalue weighted by molar-refractivity contribution is -0.115. The number of fused-ring (bicyclic) bond motifs is 1. The molecule has 1 aromatic rings. The summed E-state index contributed by atoms with van der Waals surface area (Å²) in [5, 5.41) is 2.87. The monoisotopic (exact) mass is 259 g/mol. The van der Waals surface area contributed by atoms with Crippen molar-refractivity contribution in [3.8, 4) is 0 Å².